The topological polar surface area (TPSA) is 83.8 Å². The minimum atomic E-state index is -1.13. The molecule has 0 bridgehead atoms. The number of carbonyl (C=O) groups excluding carboxylic acids is 1. The second kappa shape index (κ2) is 4.95. The molecule has 0 radical (unpaired) electrons. The highest BCUT2D eigenvalue weighted by atomic mass is 16.5. The molecule has 12 heavy (non-hydrogen) atoms. The van der Waals surface area contributed by atoms with Gasteiger partial charge >= 0.3 is 11.9 Å². The lowest BCUT2D eigenvalue weighted by molar-refractivity contribution is -0.141. The van der Waals surface area contributed by atoms with E-state index in [0.717, 1.165) is 12.2 Å². The first-order chi connectivity index (χ1) is 5.54. The van der Waals surface area contributed by atoms with E-state index >= 15 is 0 Å². The fourth-order valence-electron chi connectivity index (χ4n) is 0.356. The molecule has 0 spiro atoms. The van der Waals surface area contributed by atoms with Crippen LogP contribution in [0.4, 0.5) is 0 Å². The monoisotopic (exact) mass is 172 g/mol. The van der Waals surface area contributed by atoms with Crippen LogP contribution in [0.15, 0.2) is 24.5 Å². The number of ether oxygens (including phenoxy) is 1. The van der Waals surface area contributed by atoms with Crippen molar-refractivity contribution < 1.29 is 24.5 Å². The quantitative estimate of drug-likeness (QED) is 0.360. The lowest BCUT2D eigenvalue weighted by Gasteiger charge is -1.97. The molecule has 66 valence electrons. The number of aliphatic hydroxyl groups is 1. The Morgan fingerprint density at radius 3 is 2.42 bits per heavy atom. The van der Waals surface area contributed by atoms with Gasteiger partial charge in [0.2, 0.25) is 0 Å². The van der Waals surface area contributed by atoms with Crippen molar-refractivity contribution in [1.82, 2.24) is 0 Å². The van der Waals surface area contributed by atoms with Gasteiger partial charge in [0.05, 0.1) is 0 Å². The highest BCUT2D eigenvalue weighted by Gasteiger charge is 2.03. The van der Waals surface area contributed by atoms with Crippen molar-refractivity contribution in [3.05, 3.63) is 24.5 Å². The first kappa shape index (κ1) is 10.2. The van der Waals surface area contributed by atoms with E-state index in [1.807, 2.05) is 0 Å². The molecule has 0 aromatic heterocycles. The third-order valence-electron chi connectivity index (χ3n) is 0.807. The Morgan fingerprint density at radius 1 is 1.42 bits per heavy atom. The summed E-state index contributed by atoms with van der Waals surface area (Å²) in [7, 11) is 0. The average Bonchev–Trinajstić information content (AvgIpc) is 1.97. The molecule has 0 fully saturated rings. The molecule has 0 aromatic carbocycles. The van der Waals surface area contributed by atoms with Crippen molar-refractivity contribution in [3.8, 4) is 0 Å². The number of carboxylic acid groups (broad SMARTS) is 1. The molecule has 0 rings (SSSR count). The maximum atomic E-state index is 10.4. The van der Waals surface area contributed by atoms with Gasteiger partial charge in [-0.15, -0.1) is 0 Å². The summed E-state index contributed by atoms with van der Waals surface area (Å²) >= 11 is 0. The van der Waals surface area contributed by atoms with Gasteiger partial charge in [-0.1, -0.05) is 0 Å². The standard InChI is InChI=1S/C7H8O5/c1-5(8)7(11)12-4-2-3-6(9)10/h2-3,8H,1,4H2,(H,9,10). The molecule has 0 saturated carbocycles. The molecule has 0 heterocycles. The highest BCUT2D eigenvalue weighted by Crippen LogP contribution is 1.88. The van der Waals surface area contributed by atoms with E-state index in [4.69, 9.17) is 10.2 Å². The molecule has 0 aromatic rings. The van der Waals surface area contributed by atoms with Crippen LogP contribution in [0.25, 0.3) is 0 Å². The molecule has 0 amide bonds. The van der Waals surface area contributed by atoms with E-state index in [1.165, 1.54) is 0 Å². The number of esters is 1. The smallest absolute Gasteiger partial charge is 0.373 e. The largest absolute Gasteiger partial charge is 0.502 e. The molecule has 0 atom stereocenters. The van der Waals surface area contributed by atoms with E-state index < -0.39 is 17.7 Å². The number of carboxylic acids is 1. The van der Waals surface area contributed by atoms with Gasteiger partial charge in [-0.05, 0) is 12.7 Å². The second-order valence-electron chi connectivity index (χ2n) is 1.79. The summed E-state index contributed by atoms with van der Waals surface area (Å²) < 4.78 is 4.32. The Balaban J connectivity index is 3.64. The number of rotatable bonds is 4. The first-order valence-corrected chi connectivity index (χ1v) is 2.98. The van der Waals surface area contributed by atoms with Crippen LogP contribution < -0.4 is 0 Å². The zero-order valence-corrected chi connectivity index (χ0v) is 6.19. The predicted octanol–water partition coefficient (Wildman–Crippen LogP) is 0.242. The molecular weight excluding hydrogens is 164 g/mol. The van der Waals surface area contributed by atoms with E-state index in [9.17, 15) is 9.59 Å². The maximum absolute atomic E-state index is 10.4. The number of aliphatic hydroxyl groups excluding tert-OH is 1. The normalized spacial score (nSPS) is 9.67. The van der Waals surface area contributed by atoms with Crippen LogP contribution in [0.5, 0.6) is 0 Å². The molecule has 0 aliphatic carbocycles. The van der Waals surface area contributed by atoms with Crippen molar-refractivity contribution in [2.24, 2.45) is 0 Å². The fourth-order valence-corrected chi connectivity index (χ4v) is 0.356. The van der Waals surface area contributed by atoms with Gasteiger partial charge in [0.1, 0.15) is 6.61 Å². The lowest BCUT2D eigenvalue weighted by atomic mass is 10.5. The molecule has 0 saturated heterocycles. The van der Waals surface area contributed by atoms with Gasteiger partial charge in [-0.25, -0.2) is 9.59 Å². The summed E-state index contributed by atoms with van der Waals surface area (Å²) in [5, 5.41) is 16.5. The fraction of sp³-hybridized carbons (Fsp3) is 0.143. The molecule has 0 aliphatic heterocycles. The second-order valence-corrected chi connectivity index (χ2v) is 1.79. The molecule has 2 N–H and O–H groups in total. The minimum absolute atomic E-state index is 0.204. The van der Waals surface area contributed by atoms with Crippen molar-refractivity contribution in [3.63, 3.8) is 0 Å². The van der Waals surface area contributed by atoms with Crippen LogP contribution in [-0.4, -0.2) is 28.8 Å². The predicted molar refractivity (Wildman–Crippen MR) is 39.5 cm³/mol. The van der Waals surface area contributed by atoms with Gasteiger partial charge in [-0.2, -0.15) is 0 Å². The van der Waals surface area contributed by atoms with Crippen LogP contribution in [0.2, 0.25) is 0 Å². The van der Waals surface area contributed by atoms with Crippen molar-refractivity contribution in [2.45, 2.75) is 0 Å². The number of hydrogen-bond acceptors (Lipinski definition) is 4. The number of carbonyl (C=O) groups is 2. The molecular formula is C7H8O5. The van der Waals surface area contributed by atoms with E-state index in [1.54, 1.807) is 0 Å². The summed E-state index contributed by atoms with van der Waals surface area (Å²) in [5.74, 6) is -2.81. The summed E-state index contributed by atoms with van der Waals surface area (Å²) in [5.41, 5.74) is 0. The minimum Gasteiger partial charge on any atom is -0.502 e. The molecule has 5 heteroatoms. The molecule has 0 unspecified atom stereocenters. The Kier molecular flexibility index (Phi) is 4.21. The van der Waals surface area contributed by atoms with E-state index in [-0.39, 0.29) is 6.61 Å². The lowest BCUT2D eigenvalue weighted by Crippen LogP contribution is -2.06. The number of hydrogen-bond donors (Lipinski definition) is 2. The van der Waals surface area contributed by atoms with Crippen LogP contribution in [0.1, 0.15) is 0 Å². The van der Waals surface area contributed by atoms with Gasteiger partial charge in [0.25, 0.3) is 0 Å². The van der Waals surface area contributed by atoms with Gasteiger partial charge in [0, 0.05) is 6.08 Å². The molecule has 0 aliphatic rings. The zero-order chi connectivity index (χ0) is 9.56. The van der Waals surface area contributed by atoms with E-state index in [0.29, 0.717) is 0 Å². The Hall–Kier alpha value is -1.78. The molecule has 5 nitrogen and oxygen atoms in total. The zero-order valence-electron chi connectivity index (χ0n) is 6.19. The average molecular weight is 172 g/mol. The van der Waals surface area contributed by atoms with Crippen molar-refractivity contribution >= 4 is 11.9 Å². The van der Waals surface area contributed by atoms with Gasteiger partial charge in [-0.3, -0.25) is 0 Å². The highest BCUT2D eigenvalue weighted by molar-refractivity contribution is 5.85. The third-order valence-corrected chi connectivity index (χ3v) is 0.807. The summed E-state index contributed by atoms with van der Waals surface area (Å²) in [4.78, 5) is 20.3. The van der Waals surface area contributed by atoms with Crippen molar-refractivity contribution in [1.29, 1.82) is 0 Å². The van der Waals surface area contributed by atoms with Crippen LogP contribution >= 0.6 is 0 Å². The maximum Gasteiger partial charge on any atom is 0.373 e. The van der Waals surface area contributed by atoms with Crippen LogP contribution in [-0.2, 0) is 14.3 Å². The summed E-state index contributed by atoms with van der Waals surface area (Å²) in [6, 6.07) is 0. The van der Waals surface area contributed by atoms with Gasteiger partial charge < -0.3 is 14.9 Å². The number of aliphatic carboxylic acids is 1. The third kappa shape index (κ3) is 5.04. The van der Waals surface area contributed by atoms with E-state index in [2.05, 4.69) is 11.3 Å². The first-order valence-electron chi connectivity index (χ1n) is 2.98. The van der Waals surface area contributed by atoms with Crippen molar-refractivity contribution in [2.75, 3.05) is 6.61 Å². The van der Waals surface area contributed by atoms with Crippen LogP contribution in [0, 0.1) is 0 Å². The Morgan fingerprint density at radius 2 is 2.00 bits per heavy atom. The van der Waals surface area contributed by atoms with Gasteiger partial charge in [0.15, 0.2) is 5.76 Å². The van der Waals surface area contributed by atoms with Crippen LogP contribution in [0.3, 0.4) is 0 Å². The summed E-state index contributed by atoms with van der Waals surface area (Å²) in [6.07, 6.45) is 1.95. The summed E-state index contributed by atoms with van der Waals surface area (Å²) in [6.45, 7) is 2.71. The SMILES string of the molecule is C=C(O)C(=O)OCC=CC(=O)O. The Bertz CT molecular complexity index is 228. The Labute approximate surface area is 68.6 Å².